The van der Waals surface area contributed by atoms with Crippen LogP contribution >= 0.6 is 7.92 Å². The number of hydrogen-bond acceptors (Lipinski definition) is 1. The lowest BCUT2D eigenvalue weighted by Gasteiger charge is -2.46. The normalized spacial score (nSPS) is 21.2. The van der Waals surface area contributed by atoms with Crippen molar-refractivity contribution < 1.29 is 5.11 Å². The number of hydrogen-bond donors (Lipinski definition) is 1. The van der Waals surface area contributed by atoms with Gasteiger partial charge in [0.05, 0.1) is 5.41 Å². The molecule has 0 amide bonds. The highest BCUT2D eigenvalue weighted by atomic mass is 31.1. The molecule has 4 aromatic rings. The summed E-state index contributed by atoms with van der Waals surface area (Å²) in [6.45, 7) is 0. The first-order valence-corrected chi connectivity index (χ1v) is 11.9. The van der Waals surface area contributed by atoms with E-state index < -0.39 is 7.92 Å². The summed E-state index contributed by atoms with van der Waals surface area (Å²) in [6.07, 6.45) is 4.87. The molecule has 31 heavy (non-hydrogen) atoms. The number of aromatic hydroxyl groups is 1. The summed E-state index contributed by atoms with van der Waals surface area (Å²) in [6, 6.07) is 38.0. The van der Waals surface area contributed by atoms with Gasteiger partial charge in [-0.3, -0.25) is 0 Å². The van der Waals surface area contributed by atoms with E-state index in [0.717, 1.165) is 5.56 Å². The fourth-order valence-electron chi connectivity index (χ4n) is 4.91. The fraction of sp³-hybridized carbons (Fsp3) is 0.0345. The minimum atomic E-state index is -0.775. The van der Waals surface area contributed by atoms with E-state index >= 15 is 0 Å². The number of allylic oxidation sites excluding steroid dienone is 2. The van der Waals surface area contributed by atoms with E-state index in [2.05, 4.69) is 97.1 Å². The second kappa shape index (κ2) is 7.08. The van der Waals surface area contributed by atoms with E-state index in [1.807, 2.05) is 18.2 Å². The topological polar surface area (TPSA) is 20.2 Å². The molecule has 0 saturated carbocycles. The zero-order valence-corrected chi connectivity index (χ0v) is 17.8. The van der Waals surface area contributed by atoms with E-state index in [1.54, 1.807) is 6.07 Å². The van der Waals surface area contributed by atoms with Gasteiger partial charge < -0.3 is 5.11 Å². The molecule has 1 unspecified atom stereocenters. The maximum atomic E-state index is 10.8. The van der Waals surface area contributed by atoms with Crippen LogP contribution < -0.4 is 5.30 Å². The standard InChI is InChI=1S/C29H21OP/c30-25-17-9-7-15-23(25)28-20-29(22-13-5-2-6-14-22)19-27(21-11-3-1-4-12-21)31(28)26-18-10-8-16-24(26)29/h1-20,30H/t29-,31?/m1/s1. The first-order chi connectivity index (χ1) is 15.3. The fourth-order valence-corrected chi connectivity index (χ4v) is 7.93. The van der Waals surface area contributed by atoms with Gasteiger partial charge in [-0.05, 0) is 46.6 Å². The van der Waals surface area contributed by atoms with Crippen LogP contribution in [0.2, 0.25) is 0 Å². The van der Waals surface area contributed by atoms with Crippen molar-refractivity contribution in [3.8, 4) is 5.75 Å². The molecular formula is C29H21OP. The van der Waals surface area contributed by atoms with Crippen LogP contribution in [0, 0.1) is 0 Å². The molecule has 4 aromatic carbocycles. The van der Waals surface area contributed by atoms with Crippen LogP contribution in [0.3, 0.4) is 0 Å². The van der Waals surface area contributed by atoms with Gasteiger partial charge in [0.1, 0.15) is 5.75 Å². The molecule has 3 aliphatic rings. The summed E-state index contributed by atoms with van der Waals surface area (Å²) in [5, 5.41) is 14.8. The first kappa shape index (κ1) is 18.4. The number of para-hydroxylation sites is 1. The molecule has 0 aromatic heterocycles. The van der Waals surface area contributed by atoms with Crippen LogP contribution in [-0.2, 0) is 5.41 Å². The van der Waals surface area contributed by atoms with Crippen molar-refractivity contribution in [3.05, 3.63) is 144 Å². The lowest BCUT2D eigenvalue weighted by Crippen LogP contribution is -2.36. The number of rotatable bonds is 3. The Balaban J connectivity index is 1.72. The monoisotopic (exact) mass is 416 g/mol. The van der Waals surface area contributed by atoms with Gasteiger partial charge in [0.15, 0.2) is 0 Å². The number of phenolic OH excluding ortho intramolecular Hbond substituents is 1. The molecule has 0 spiro atoms. The Labute approximate surface area is 183 Å². The van der Waals surface area contributed by atoms with Gasteiger partial charge in [-0.15, -0.1) is 0 Å². The van der Waals surface area contributed by atoms with Crippen LogP contribution in [0.25, 0.3) is 10.6 Å². The highest BCUT2D eigenvalue weighted by Gasteiger charge is 2.46. The van der Waals surface area contributed by atoms with E-state index in [0.29, 0.717) is 5.75 Å². The van der Waals surface area contributed by atoms with Gasteiger partial charge in [0.2, 0.25) is 0 Å². The maximum absolute atomic E-state index is 10.8. The van der Waals surface area contributed by atoms with E-state index in [9.17, 15) is 5.11 Å². The second-order valence-corrected chi connectivity index (χ2v) is 10.1. The summed E-state index contributed by atoms with van der Waals surface area (Å²) < 4.78 is 0. The van der Waals surface area contributed by atoms with Gasteiger partial charge >= 0.3 is 0 Å². The zero-order chi connectivity index (χ0) is 20.8. The molecular weight excluding hydrogens is 395 g/mol. The first-order valence-electron chi connectivity index (χ1n) is 10.5. The molecule has 2 atom stereocenters. The Hall–Kier alpha value is -3.41. The highest BCUT2D eigenvalue weighted by Crippen LogP contribution is 2.70. The summed E-state index contributed by atoms with van der Waals surface area (Å²) in [7, 11) is -0.775. The molecule has 0 aliphatic carbocycles. The average molecular weight is 416 g/mol. The van der Waals surface area contributed by atoms with Crippen LogP contribution in [0.4, 0.5) is 0 Å². The van der Waals surface area contributed by atoms with Gasteiger partial charge in [-0.2, -0.15) is 0 Å². The third kappa shape index (κ3) is 2.74. The number of phenols is 1. The minimum Gasteiger partial charge on any atom is -0.507 e. The predicted octanol–water partition coefficient (Wildman–Crippen LogP) is 6.89. The molecule has 148 valence electrons. The largest absolute Gasteiger partial charge is 0.507 e. The van der Waals surface area contributed by atoms with Crippen molar-refractivity contribution in [2.24, 2.45) is 0 Å². The van der Waals surface area contributed by atoms with Crippen LogP contribution in [0.5, 0.6) is 5.75 Å². The smallest absolute Gasteiger partial charge is 0.123 e. The predicted molar refractivity (Wildman–Crippen MR) is 131 cm³/mol. The highest BCUT2D eigenvalue weighted by molar-refractivity contribution is 7.84. The van der Waals surface area contributed by atoms with E-state index in [-0.39, 0.29) is 5.41 Å². The van der Waals surface area contributed by atoms with Gasteiger partial charge in [0, 0.05) is 5.56 Å². The van der Waals surface area contributed by atoms with Gasteiger partial charge in [-0.25, -0.2) is 0 Å². The van der Waals surface area contributed by atoms with Crippen LogP contribution in [-0.4, -0.2) is 5.11 Å². The average Bonchev–Trinajstić information content (AvgIpc) is 2.85. The quantitative estimate of drug-likeness (QED) is 0.360. The molecule has 2 heteroatoms. The van der Waals surface area contributed by atoms with Gasteiger partial charge in [-0.1, -0.05) is 115 Å². The van der Waals surface area contributed by atoms with Crippen molar-refractivity contribution in [1.82, 2.24) is 0 Å². The van der Waals surface area contributed by atoms with Gasteiger partial charge in [0.25, 0.3) is 0 Å². The Morgan fingerprint density at radius 3 is 1.97 bits per heavy atom. The molecule has 3 heterocycles. The molecule has 0 fully saturated rings. The van der Waals surface area contributed by atoms with Crippen molar-refractivity contribution in [3.63, 3.8) is 0 Å². The Kier molecular flexibility index (Phi) is 4.19. The van der Waals surface area contributed by atoms with Crippen LogP contribution in [0.15, 0.2) is 121 Å². The Morgan fingerprint density at radius 2 is 1.19 bits per heavy atom. The lowest BCUT2D eigenvalue weighted by molar-refractivity contribution is 0.474. The summed E-state index contributed by atoms with van der Waals surface area (Å²) in [5.74, 6) is 0.344. The van der Waals surface area contributed by atoms with E-state index in [1.165, 1.54) is 32.6 Å². The van der Waals surface area contributed by atoms with E-state index in [4.69, 9.17) is 0 Å². The molecule has 1 nitrogen and oxygen atoms in total. The maximum Gasteiger partial charge on any atom is 0.123 e. The molecule has 3 aliphatic heterocycles. The molecule has 0 radical (unpaired) electrons. The molecule has 2 bridgehead atoms. The summed E-state index contributed by atoms with van der Waals surface area (Å²) >= 11 is 0. The van der Waals surface area contributed by atoms with Crippen LogP contribution in [0.1, 0.15) is 22.3 Å². The third-order valence-corrected chi connectivity index (χ3v) is 8.89. The number of benzene rings is 4. The van der Waals surface area contributed by atoms with Crippen molar-refractivity contribution >= 4 is 23.9 Å². The van der Waals surface area contributed by atoms with Crippen molar-refractivity contribution in [2.45, 2.75) is 5.41 Å². The molecule has 1 N–H and O–H groups in total. The molecule has 0 saturated heterocycles. The summed E-state index contributed by atoms with van der Waals surface area (Å²) in [5.41, 5.74) is 4.43. The summed E-state index contributed by atoms with van der Waals surface area (Å²) in [4.78, 5) is 0. The zero-order valence-electron chi connectivity index (χ0n) is 16.9. The Morgan fingerprint density at radius 1 is 0.581 bits per heavy atom. The second-order valence-electron chi connectivity index (χ2n) is 8.03. The third-order valence-electron chi connectivity index (χ3n) is 6.30. The van der Waals surface area contributed by atoms with Crippen molar-refractivity contribution in [1.29, 1.82) is 0 Å². The van der Waals surface area contributed by atoms with Crippen molar-refractivity contribution in [2.75, 3.05) is 0 Å². The Bertz CT molecular complexity index is 1340. The minimum absolute atomic E-state index is 0.344. The molecule has 7 rings (SSSR count). The lowest BCUT2D eigenvalue weighted by atomic mass is 9.72. The SMILES string of the molecule is Oc1ccccc1C1=C[C@@]2(c3ccccc3)C=C(c3ccccc3)P1c1ccccc12.